The van der Waals surface area contributed by atoms with Gasteiger partial charge in [0.25, 0.3) is 0 Å². The van der Waals surface area contributed by atoms with Crippen molar-refractivity contribution in [1.82, 2.24) is 5.32 Å². The van der Waals surface area contributed by atoms with Crippen LogP contribution in [0, 0.1) is 6.92 Å². The van der Waals surface area contributed by atoms with Gasteiger partial charge in [-0.1, -0.05) is 24.3 Å². The maximum atomic E-state index is 11.7. The number of aryl methyl sites for hydroxylation is 1. The quantitative estimate of drug-likeness (QED) is 0.789. The fourth-order valence-electron chi connectivity index (χ4n) is 1.81. The molecular weight excluding hydrogens is 274 g/mol. The van der Waals surface area contributed by atoms with Crippen molar-refractivity contribution in [1.29, 1.82) is 0 Å². The first-order valence-electron chi connectivity index (χ1n) is 6.58. The van der Waals surface area contributed by atoms with E-state index in [1.54, 1.807) is 52.0 Å². The van der Waals surface area contributed by atoms with Crippen LogP contribution in [-0.2, 0) is 9.53 Å². The van der Waals surface area contributed by atoms with Crippen LogP contribution >= 0.6 is 0 Å². The smallest absolute Gasteiger partial charge is 0.408 e. The second-order valence-electron chi connectivity index (χ2n) is 5.76. The van der Waals surface area contributed by atoms with Gasteiger partial charge < -0.3 is 20.3 Å². The predicted molar refractivity (Wildman–Crippen MR) is 76.9 cm³/mol. The van der Waals surface area contributed by atoms with E-state index in [2.05, 4.69) is 5.32 Å². The lowest BCUT2D eigenvalue weighted by molar-refractivity contribution is -0.142. The minimum atomic E-state index is -1.49. The van der Waals surface area contributed by atoms with Crippen molar-refractivity contribution in [2.45, 2.75) is 45.4 Å². The number of aliphatic hydroxyl groups is 1. The largest absolute Gasteiger partial charge is 0.480 e. The molecule has 116 valence electrons. The van der Waals surface area contributed by atoms with Crippen LogP contribution < -0.4 is 5.32 Å². The number of aliphatic hydroxyl groups excluding tert-OH is 1. The lowest BCUT2D eigenvalue weighted by Gasteiger charge is -2.25. The number of carbonyl (C=O) groups is 2. The topological polar surface area (TPSA) is 95.9 Å². The number of rotatable bonds is 4. The van der Waals surface area contributed by atoms with Crippen LogP contribution in [0.5, 0.6) is 0 Å². The van der Waals surface area contributed by atoms with Crippen molar-refractivity contribution in [3.63, 3.8) is 0 Å². The van der Waals surface area contributed by atoms with E-state index in [1.807, 2.05) is 0 Å². The summed E-state index contributed by atoms with van der Waals surface area (Å²) < 4.78 is 5.01. The summed E-state index contributed by atoms with van der Waals surface area (Å²) in [5.41, 5.74) is 0.434. The van der Waals surface area contributed by atoms with Crippen molar-refractivity contribution in [2.24, 2.45) is 0 Å². The van der Waals surface area contributed by atoms with Gasteiger partial charge in [0.05, 0.1) is 0 Å². The Morgan fingerprint density at radius 3 is 2.29 bits per heavy atom. The highest BCUT2D eigenvalue weighted by Crippen LogP contribution is 2.21. The third-order valence-corrected chi connectivity index (χ3v) is 2.76. The average Bonchev–Trinajstić information content (AvgIpc) is 2.33. The Kier molecular flexibility index (Phi) is 5.32. The molecule has 0 unspecified atom stereocenters. The second kappa shape index (κ2) is 6.58. The molecule has 0 aliphatic rings. The maximum Gasteiger partial charge on any atom is 0.408 e. The minimum absolute atomic E-state index is 0.445. The maximum absolute atomic E-state index is 11.7. The van der Waals surface area contributed by atoms with Gasteiger partial charge in [-0.05, 0) is 38.8 Å². The Bertz CT molecular complexity index is 521. The molecule has 6 heteroatoms. The highest BCUT2D eigenvalue weighted by molar-refractivity contribution is 5.81. The molecule has 1 amide bonds. The first-order valence-corrected chi connectivity index (χ1v) is 6.58. The molecule has 0 spiro atoms. The molecule has 2 atom stereocenters. The van der Waals surface area contributed by atoms with E-state index in [-0.39, 0.29) is 0 Å². The summed E-state index contributed by atoms with van der Waals surface area (Å²) >= 11 is 0. The van der Waals surface area contributed by atoms with E-state index in [0.29, 0.717) is 5.56 Å². The molecule has 3 N–H and O–H groups in total. The Balaban J connectivity index is 2.90. The normalized spacial score (nSPS) is 14.1. The van der Waals surface area contributed by atoms with Crippen LogP contribution in [0.3, 0.4) is 0 Å². The van der Waals surface area contributed by atoms with E-state index in [9.17, 15) is 19.8 Å². The van der Waals surface area contributed by atoms with Gasteiger partial charge in [-0.2, -0.15) is 0 Å². The van der Waals surface area contributed by atoms with E-state index >= 15 is 0 Å². The van der Waals surface area contributed by atoms with Crippen molar-refractivity contribution in [2.75, 3.05) is 0 Å². The third-order valence-electron chi connectivity index (χ3n) is 2.76. The Morgan fingerprint density at radius 1 is 1.24 bits per heavy atom. The molecule has 0 bridgehead atoms. The SMILES string of the molecule is Cc1ccccc1[C@@H](O)[C@@H](NC(=O)OC(C)(C)C)C(=O)O. The fraction of sp³-hybridized carbons (Fsp3) is 0.467. The summed E-state index contributed by atoms with van der Waals surface area (Å²) in [5.74, 6) is -1.34. The monoisotopic (exact) mass is 295 g/mol. The zero-order valence-electron chi connectivity index (χ0n) is 12.6. The number of hydrogen-bond acceptors (Lipinski definition) is 4. The first-order chi connectivity index (χ1) is 9.61. The lowest BCUT2D eigenvalue weighted by Crippen LogP contribution is -2.47. The summed E-state index contributed by atoms with van der Waals surface area (Å²) in [5, 5.41) is 21.6. The summed E-state index contributed by atoms with van der Waals surface area (Å²) in [7, 11) is 0. The second-order valence-corrected chi connectivity index (χ2v) is 5.76. The van der Waals surface area contributed by atoms with Gasteiger partial charge in [0.2, 0.25) is 0 Å². The van der Waals surface area contributed by atoms with Gasteiger partial charge in [0, 0.05) is 0 Å². The number of carboxylic acid groups (broad SMARTS) is 1. The van der Waals surface area contributed by atoms with E-state index in [0.717, 1.165) is 5.56 Å². The number of carboxylic acids is 1. The zero-order chi connectivity index (χ0) is 16.2. The Hall–Kier alpha value is -2.08. The molecule has 0 fully saturated rings. The number of benzene rings is 1. The highest BCUT2D eigenvalue weighted by atomic mass is 16.6. The van der Waals surface area contributed by atoms with Crippen LogP contribution in [0.2, 0.25) is 0 Å². The number of hydrogen-bond donors (Lipinski definition) is 3. The van der Waals surface area contributed by atoms with E-state index < -0.39 is 29.8 Å². The minimum Gasteiger partial charge on any atom is -0.480 e. The highest BCUT2D eigenvalue weighted by Gasteiger charge is 2.31. The van der Waals surface area contributed by atoms with Crippen molar-refractivity contribution in [3.05, 3.63) is 35.4 Å². The van der Waals surface area contributed by atoms with Gasteiger partial charge in [-0.15, -0.1) is 0 Å². The molecule has 0 heterocycles. The average molecular weight is 295 g/mol. The van der Waals surface area contributed by atoms with Crippen molar-refractivity contribution < 1.29 is 24.5 Å². The van der Waals surface area contributed by atoms with Gasteiger partial charge in [0.1, 0.15) is 11.7 Å². The molecule has 0 radical (unpaired) electrons. The molecule has 0 saturated carbocycles. The summed E-state index contributed by atoms with van der Waals surface area (Å²) in [6.45, 7) is 6.76. The Labute approximate surface area is 123 Å². The van der Waals surface area contributed by atoms with Crippen LogP contribution in [-0.4, -0.2) is 33.9 Å². The van der Waals surface area contributed by atoms with E-state index in [4.69, 9.17) is 4.74 Å². The molecule has 1 aromatic carbocycles. The zero-order valence-corrected chi connectivity index (χ0v) is 12.6. The molecule has 0 saturated heterocycles. The van der Waals surface area contributed by atoms with Crippen LogP contribution in [0.4, 0.5) is 4.79 Å². The summed E-state index contributed by atoms with van der Waals surface area (Å²) in [6.07, 6.45) is -2.25. The number of alkyl carbamates (subject to hydrolysis) is 1. The number of carbonyl (C=O) groups excluding carboxylic acids is 1. The number of ether oxygens (including phenoxy) is 1. The third kappa shape index (κ3) is 5.07. The van der Waals surface area contributed by atoms with Gasteiger partial charge in [-0.3, -0.25) is 0 Å². The molecule has 0 aliphatic heterocycles. The molecular formula is C15H21NO5. The van der Waals surface area contributed by atoms with Crippen LogP contribution in [0.15, 0.2) is 24.3 Å². The molecule has 1 rings (SSSR count). The fourth-order valence-corrected chi connectivity index (χ4v) is 1.81. The molecule has 1 aromatic rings. The standard InChI is InChI=1S/C15H21NO5/c1-9-7-5-6-8-10(9)12(17)11(13(18)19)16-14(20)21-15(2,3)4/h5-8,11-12,17H,1-4H3,(H,16,20)(H,18,19)/t11-,12-/m1/s1. The van der Waals surface area contributed by atoms with E-state index in [1.165, 1.54) is 0 Å². The molecule has 6 nitrogen and oxygen atoms in total. The molecule has 0 aromatic heterocycles. The number of amides is 1. The Morgan fingerprint density at radius 2 is 1.81 bits per heavy atom. The predicted octanol–water partition coefficient (Wildman–Crippen LogP) is 2.01. The number of aliphatic carboxylic acids is 1. The van der Waals surface area contributed by atoms with Crippen LogP contribution in [0.1, 0.15) is 38.0 Å². The first kappa shape index (κ1) is 17.0. The molecule has 21 heavy (non-hydrogen) atoms. The van der Waals surface area contributed by atoms with Crippen molar-refractivity contribution >= 4 is 12.1 Å². The summed E-state index contributed by atoms with van der Waals surface area (Å²) in [6, 6.07) is 5.36. The van der Waals surface area contributed by atoms with Gasteiger partial charge in [0.15, 0.2) is 6.04 Å². The molecule has 0 aliphatic carbocycles. The van der Waals surface area contributed by atoms with Gasteiger partial charge in [-0.25, -0.2) is 9.59 Å². The lowest BCUT2D eigenvalue weighted by atomic mass is 9.98. The van der Waals surface area contributed by atoms with Crippen LogP contribution in [0.25, 0.3) is 0 Å². The number of nitrogens with one attached hydrogen (secondary N) is 1. The summed E-state index contributed by atoms with van der Waals surface area (Å²) in [4.78, 5) is 23.0. The van der Waals surface area contributed by atoms with Crippen molar-refractivity contribution in [3.8, 4) is 0 Å². The van der Waals surface area contributed by atoms with Gasteiger partial charge >= 0.3 is 12.1 Å².